The predicted molar refractivity (Wildman–Crippen MR) is 102 cm³/mol. The van der Waals surface area contributed by atoms with E-state index in [0.717, 1.165) is 11.1 Å². The minimum Gasteiger partial charge on any atom is -0.486 e. The first kappa shape index (κ1) is 19.6. The fourth-order valence-electron chi connectivity index (χ4n) is 2.68. The van der Waals surface area contributed by atoms with Gasteiger partial charge in [-0.2, -0.15) is 0 Å². The van der Waals surface area contributed by atoms with Crippen LogP contribution in [0.3, 0.4) is 0 Å². The number of hydrogen-bond acceptors (Lipinski definition) is 6. The highest BCUT2D eigenvalue weighted by Crippen LogP contribution is 2.25. The summed E-state index contributed by atoms with van der Waals surface area (Å²) >= 11 is 0. The summed E-state index contributed by atoms with van der Waals surface area (Å²) in [5.41, 5.74) is 1.96. The second kappa shape index (κ2) is 8.24. The molecule has 2 atom stereocenters. The van der Waals surface area contributed by atoms with Gasteiger partial charge in [-0.1, -0.05) is 12.1 Å². The molecular weight excluding hydrogens is 368 g/mol. The van der Waals surface area contributed by atoms with Crippen LogP contribution in [-0.4, -0.2) is 51.1 Å². The second-order valence-electron chi connectivity index (χ2n) is 6.63. The molecule has 1 aromatic carbocycles. The first-order valence-corrected chi connectivity index (χ1v) is 10.3. The molecule has 2 unspecified atom stereocenters. The summed E-state index contributed by atoms with van der Waals surface area (Å²) in [7, 11) is -1.80. The Kier molecular flexibility index (Phi) is 5.98. The minimum absolute atomic E-state index is 0.298. The van der Waals surface area contributed by atoms with Gasteiger partial charge in [0.05, 0.1) is 31.6 Å². The van der Waals surface area contributed by atoms with E-state index in [9.17, 15) is 8.42 Å². The number of pyridine rings is 1. The van der Waals surface area contributed by atoms with E-state index in [1.54, 1.807) is 33.2 Å². The zero-order valence-corrected chi connectivity index (χ0v) is 16.4. The number of nitrogens with one attached hydrogen (secondary N) is 1. The average molecular weight is 392 g/mol. The summed E-state index contributed by atoms with van der Waals surface area (Å²) in [5.74, 6) is 1.22. The van der Waals surface area contributed by atoms with E-state index in [-0.39, 0.29) is 6.10 Å². The fourth-order valence-corrected chi connectivity index (χ4v) is 3.59. The van der Waals surface area contributed by atoms with Crippen molar-refractivity contribution in [1.29, 1.82) is 0 Å². The van der Waals surface area contributed by atoms with E-state index in [1.807, 2.05) is 30.3 Å². The Morgan fingerprint density at radius 3 is 2.41 bits per heavy atom. The van der Waals surface area contributed by atoms with Gasteiger partial charge in [0.2, 0.25) is 15.9 Å². The fraction of sp³-hybridized carbons (Fsp3) is 0.421. The van der Waals surface area contributed by atoms with Gasteiger partial charge in [-0.25, -0.2) is 18.1 Å². The van der Waals surface area contributed by atoms with Gasteiger partial charge in [-0.3, -0.25) is 0 Å². The van der Waals surface area contributed by atoms with Crippen molar-refractivity contribution >= 4 is 10.0 Å². The molecule has 0 amide bonds. The highest BCUT2D eigenvalue weighted by Gasteiger charge is 2.34. The van der Waals surface area contributed by atoms with Gasteiger partial charge < -0.3 is 14.2 Å². The molecular formula is C19H24N2O5S. The maximum absolute atomic E-state index is 12.1. The van der Waals surface area contributed by atoms with E-state index in [0.29, 0.717) is 24.8 Å². The van der Waals surface area contributed by atoms with Gasteiger partial charge in [0.25, 0.3) is 0 Å². The van der Waals surface area contributed by atoms with Crippen LogP contribution in [0.5, 0.6) is 11.6 Å². The number of ether oxygens (including phenoxy) is 3. The van der Waals surface area contributed by atoms with Crippen LogP contribution in [0.15, 0.2) is 42.6 Å². The highest BCUT2D eigenvalue weighted by atomic mass is 32.2. The number of aromatic nitrogens is 1. The molecule has 1 aliphatic rings. The lowest BCUT2D eigenvalue weighted by atomic mass is 10.1. The van der Waals surface area contributed by atoms with Crippen LogP contribution in [0.1, 0.15) is 13.8 Å². The number of nitrogens with zero attached hydrogens (tertiary/aromatic N) is 1. The monoisotopic (exact) mass is 392 g/mol. The molecule has 0 saturated carbocycles. The molecule has 1 saturated heterocycles. The maximum atomic E-state index is 12.1. The number of rotatable bonds is 7. The molecule has 146 valence electrons. The Bertz CT molecular complexity index is 851. The molecule has 2 heterocycles. The Labute approximate surface area is 159 Å². The van der Waals surface area contributed by atoms with Crippen molar-refractivity contribution in [3.63, 3.8) is 0 Å². The predicted octanol–water partition coefficient (Wildman–Crippen LogP) is 2.23. The Morgan fingerprint density at radius 2 is 1.81 bits per heavy atom. The SMILES string of the molecule is COc1ccc(-c2ccc(OC3COCC3NS(=O)(=O)C(C)C)cc2)cn1. The van der Waals surface area contributed by atoms with Gasteiger partial charge in [-0.15, -0.1) is 0 Å². The molecule has 0 aliphatic carbocycles. The van der Waals surface area contributed by atoms with Crippen molar-refractivity contribution in [2.45, 2.75) is 31.2 Å². The van der Waals surface area contributed by atoms with Crippen LogP contribution in [0.4, 0.5) is 0 Å². The number of benzene rings is 1. The summed E-state index contributed by atoms with van der Waals surface area (Å²) < 4.78 is 43.3. The summed E-state index contributed by atoms with van der Waals surface area (Å²) in [4.78, 5) is 4.20. The third kappa shape index (κ3) is 4.77. The zero-order valence-electron chi connectivity index (χ0n) is 15.6. The lowest BCUT2D eigenvalue weighted by molar-refractivity contribution is 0.140. The van der Waals surface area contributed by atoms with E-state index in [4.69, 9.17) is 14.2 Å². The molecule has 0 radical (unpaired) electrons. The summed E-state index contributed by atoms with van der Waals surface area (Å²) in [6, 6.07) is 10.9. The first-order chi connectivity index (χ1) is 12.9. The molecule has 1 aromatic heterocycles. The average Bonchev–Trinajstić information content (AvgIpc) is 3.08. The largest absolute Gasteiger partial charge is 0.486 e. The van der Waals surface area contributed by atoms with Gasteiger partial charge >= 0.3 is 0 Å². The van der Waals surface area contributed by atoms with Crippen molar-refractivity contribution in [3.05, 3.63) is 42.6 Å². The molecule has 0 spiro atoms. The Morgan fingerprint density at radius 1 is 1.11 bits per heavy atom. The molecule has 1 aliphatic heterocycles. The molecule has 0 bridgehead atoms. The highest BCUT2D eigenvalue weighted by molar-refractivity contribution is 7.90. The standard InChI is InChI=1S/C19H24N2O5S/c1-13(2)27(22,23)21-17-11-25-12-18(17)26-16-7-4-14(5-8-16)15-6-9-19(24-3)20-10-15/h4-10,13,17-18,21H,11-12H2,1-3H3. The molecule has 7 nitrogen and oxygen atoms in total. The van der Waals surface area contributed by atoms with Gasteiger partial charge in [0.1, 0.15) is 11.9 Å². The normalized spacial score (nSPS) is 20.0. The van der Waals surface area contributed by atoms with E-state index < -0.39 is 21.3 Å². The second-order valence-corrected chi connectivity index (χ2v) is 8.89. The molecule has 3 rings (SSSR count). The van der Waals surface area contributed by atoms with Gasteiger partial charge in [-0.05, 0) is 37.6 Å². The van der Waals surface area contributed by atoms with Crippen LogP contribution in [0.2, 0.25) is 0 Å². The zero-order chi connectivity index (χ0) is 19.4. The number of hydrogen-bond donors (Lipinski definition) is 1. The third-order valence-electron chi connectivity index (χ3n) is 4.39. The summed E-state index contributed by atoms with van der Waals surface area (Å²) in [6.07, 6.45) is 1.38. The van der Waals surface area contributed by atoms with Crippen molar-refractivity contribution in [1.82, 2.24) is 9.71 Å². The molecule has 1 fully saturated rings. The van der Waals surface area contributed by atoms with E-state index in [2.05, 4.69) is 9.71 Å². The van der Waals surface area contributed by atoms with Gasteiger partial charge in [0.15, 0.2) is 0 Å². The van der Waals surface area contributed by atoms with Crippen molar-refractivity contribution < 1.29 is 22.6 Å². The van der Waals surface area contributed by atoms with Crippen LogP contribution in [-0.2, 0) is 14.8 Å². The smallest absolute Gasteiger partial charge is 0.214 e. The van der Waals surface area contributed by atoms with Crippen LogP contribution in [0, 0.1) is 0 Å². The quantitative estimate of drug-likeness (QED) is 0.778. The number of methoxy groups -OCH3 is 1. The number of sulfonamides is 1. The lowest BCUT2D eigenvalue weighted by Gasteiger charge is -2.21. The summed E-state index contributed by atoms with van der Waals surface area (Å²) in [6.45, 7) is 3.92. The molecule has 1 N–H and O–H groups in total. The first-order valence-electron chi connectivity index (χ1n) is 8.75. The van der Waals surface area contributed by atoms with Crippen LogP contribution in [0.25, 0.3) is 11.1 Å². The third-order valence-corrected chi connectivity index (χ3v) is 6.26. The maximum Gasteiger partial charge on any atom is 0.214 e. The van der Waals surface area contributed by atoms with E-state index in [1.165, 1.54) is 0 Å². The van der Waals surface area contributed by atoms with Crippen molar-refractivity contribution in [2.75, 3.05) is 20.3 Å². The molecule has 2 aromatic rings. The minimum atomic E-state index is -3.38. The molecule has 8 heteroatoms. The Hall–Kier alpha value is -2.16. The van der Waals surface area contributed by atoms with Crippen molar-refractivity contribution in [3.8, 4) is 22.8 Å². The van der Waals surface area contributed by atoms with Crippen LogP contribution >= 0.6 is 0 Å². The summed E-state index contributed by atoms with van der Waals surface area (Å²) in [5, 5.41) is -0.504. The Balaban J connectivity index is 1.66. The van der Waals surface area contributed by atoms with Gasteiger partial charge in [0, 0.05) is 17.8 Å². The molecule has 27 heavy (non-hydrogen) atoms. The van der Waals surface area contributed by atoms with Crippen LogP contribution < -0.4 is 14.2 Å². The van der Waals surface area contributed by atoms with Crippen molar-refractivity contribution in [2.24, 2.45) is 0 Å². The topological polar surface area (TPSA) is 86.8 Å². The van der Waals surface area contributed by atoms with E-state index >= 15 is 0 Å². The lowest BCUT2D eigenvalue weighted by Crippen LogP contribution is -2.47.